The van der Waals surface area contributed by atoms with E-state index in [1.807, 2.05) is 4.90 Å². The second-order valence-corrected chi connectivity index (χ2v) is 7.71. The van der Waals surface area contributed by atoms with Crippen LogP contribution >= 0.6 is 11.6 Å². The van der Waals surface area contributed by atoms with E-state index in [4.69, 9.17) is 31.5 Å². The summed E-state index contributed by atoms with van der Waals surface area (Å²) in [7, 11) is 2.97. The summed E-state index contributed by atoms with van der Waals surface area (Å²) < 4.78 is 16.1. The molecule has 0 spiro atoms. The van der Waals surface area contributed by atoms with Gasteiger partial charge < -0.3 is 25.3 Å². The average Bonchev–Trinajstić information content (AvgIpc) is 2.80. The number of anilines is 1. The molecule has 3 N–H and O–H groups in total. The van der Waals surface area contributed by atoms with Gasteiger partial charge >= 0.3 is 5.97 Å². The molecule has 10 nitrogen and oxygen atoms in total. The number of rotatable bonds is 8. The fourth-order valence-corrected chi connectivity index (χ4v) is 3.60. The second kappa shape index (κ2) is 11.1. The molecule has 0 saturated carbocycles. The molecule has 1 amide bonds. The molecule has 0 radical (unpaired) electrons. The Labute approximate surface area is 191 Å². The van der Waals surface area contributed by atoms with Crippen molar-refractivity contribution in [3.05, 3.63) is 46.7 Å². The molecule has 11 heteroatoms. The Balaban J connectivity index is 1.55. The number of methoxy groups -OCH3 is 2. The van der Waals surface area contributed by atoms with Crippen molar-refractivity contribution in [3.63, 3.8) is 0 Å². The highest BCUT2D eigenvalue weighted by molar-refractivity contribution is 6.33. The van der Waals surface area contributed by atoms with Crippen molar-refractivity contribution in [2.24, 2.45) is 0 Å². The lowest BCUT2D eigenvalue weighted by molar-refractivity contribution is -0.147. The molecule has 3 heterocycles. The van der Waals surface area contributed by atoms with Gasteiger partial charge in [0.25, 0.3) is 5.91 Å². The second-order valence-electron chi connectivity index (χ2n) is 7.31. The third-order valence-electron chi connectivity index (χ3n) is 5.17. The number of piperidine rings is 1. The molecular formula is C21H26ClN5O5. The van der Waals surface area contributed by atoms with Crippen LogP contribution < -0.4 is 15.8 Å². The lowest BCUT2D eigenvalue weighted by Gasteiger charge is -2.37. The van der Waals surface area contributed by atoms with Gasteiger partial charge in [0, 0.05) is 32.6 Å². The van der Waals surface area contributed by atoms with Crippen molar-refractivity contribution in [2.75, 3.05) is 39.6 Å². The predicted molar refractivity (Wildman–Crippen MR) is 117 cm³/mol. The first-order valence-electron chi connectivity index (χ1n) is 10.0. The number of aromatic nitrogens is 2. The van der Waals surface area contributed by atoms with Crippen molar-refractivity contribution in [3.8, 4) is 5.88 Å². The van der Waals surface area contributed by atoms with E-state index in [0.717, 1.165) is 5.56 Å². The maximum Gasteiger partial charge on any atom is 0.320 e. The van der Waals surface area contributed by atoms with E-state index < -0.39 is 5.91 Å². The van der Waals surface area contributed by atoms with E-state index in [2.05, 4.69) is 15.3 Å². The maximum atomic E-state index is 12.8. The van der Waals surface area contributed by atoms with Crippen LogP contribution in [0, 0.1) is 0 Å². The zero-order valence-electron chi connectivity index (χ0n) is 17.9. The van der Waals surface area contributed by atoms with E-state index in [-0.39, 0.29) is 53.6 Å². The summed E-state index contributed by atoms with van der Waals surface area (Å²) in [5.41, 5.74) is 6.74. The Hall–Kier alpha value is -2.95. The van der Waals surface area contributed by atoms with Crippen molar-refractivity contribution in [1.82, 2.24) is 20.2 Å². The molecule has 0 bridgehead atoms. The molecule has 1 aliphatic heterocycles. The minimum absolute atomic E-state index is 0.0824. The lowest BCUT2D eigenvalue weighted by Crippen LogP contribution is -2.55. The molecule has 32 heavy (non-hydrogen) atoms. The number of likely N-dealkylation sites (tertiary alicyclic amines) is 1. The Bertz CT molecular complexity index is 946. The lowest BCUT2D eigenvalue weighted by atomic mass is 10.0. The van der Waals surface area contributed by atoms with Gasteiger partial charge in [0.05, 0.1) is 30.8 Å². The number of esters is 1. The third kappa shape index (κ3) is 6.06. The normalized spacial score (nSPS) is 18.7. The molecule has 2 aromatic heterocycles. The van der Waals surface area contributed by atoms with Crippen LogP contribution in [-0.4, -0.2) is 72.7 Å². The summed E-state index contributed by atoms with van der Waals surface area (Å²) in [5, 5.41) is 3.11. The Morgan fingerprint density at radius 2 is 2.06 bits per heavy atom. The quantitative estimate of drug-likeness (QED) is 0.556. The number of nitrogens with one attached hydrogen (secondary N) is 1. The minimum atomic E-state index is -0.395. The number of pyridine rings is 2. The molecular weight excluding hydrogens is 438 g/mol. The zero-order valence-corrected chi connectivity index (χ0v) is 18.7. The highest BCUT2D eigenvalue weighted by Crippen LogP contribution is 2.25. The van der Waals surface area contributed by atoms with Crippen LogP contribution in [-0.2, 0) is 20.9 Å². The third-order valence-corrected chi connectivity index (χ3v) is 5.47. The van der Waals surface area contributed by atoms with E-state index in [1.165, 1.54) is 13.2 Å². The van der Waals surface area contributed by atoms with E-state index in [1.54, 1.807) is 31.6 Å². The van der Waals surface area contributed by atoms with Gasteiger partial charge in [0.15, 0.2) is 0 Å². The van der Waals surface area contributed by atoms with Crippen molar-refractivity contribution in [2.45, 2.75) is 25.2 Å². The number of nitrogens with two attached hydrogens (primary N) is 1. The van der Waals surface area contributed by atoms with Gasteiger partial charge in [-0.15, -0.1) is 0 Å². The van der Waals surface area contributed by atoms with Crippen molar-refractivity contribution in [1.29, 1.82) is 0 Å². The molecule has 0 aromatic carbocycles. The van der Waals surface area contributed by atoms with Gasteiger partial charge in [-0.25, -0.2) is 0 Å². The fourth-order valence-electron chi connectivity index (χ4n) is 3.45. The van der Waals surface area contributed by atoms with Crippen LogP contribution in [0.4, 0.5) is 5.82 Å². The average molecular weight is 464 g/mol. The number of amides is 1. The minimum Gasteiger partial charge on any atom is -0.480 e. The number of carbonyl (C=O) groups excluding carboxylic acids is 2. The Kier molecular flexibility index (Phi) is 8.20. The summed E-state index contributed by atoms with van der Waals surface area (Å²) in [6.07, 6.45) is 3.56. The van der Waals surface area contributed by atoms with Crippen molar-refractivity contribution < 1.29 is 23.8 Å². The van der Waals surface area contributed by atoms with Gasteiger partial charge in [-0.05, 0) is 30.2 Å². The Morgan fingerprint density at radius 3 is 2.75 bits per heavy atom. The number of carbonyl (C=O) groups is 2. The molecule has 3 rings (SSSR count). The molecule has 172 valence electrons. The van der Waals surface area contributed by atoms with E-state index in [9.17, 15) is 9.59 Å². The summed E-state index contributed by atoms with van der Waals surface area (Å²) in [6, 6.07) is 4.74. The highest BCUT2D eigenvalue weighted by atomic mass is 35.5. The molecule has 2 atom stereocenters. The number of nitrogens with zero attached hydrogens (tertiary/aromatic N) is 3. The van der Waals surface area contributed by atoms with Crippen LogP contribution in [0.3, 0.4) is 0 Å². The summed E-state index contributed by atoms with van der Waals surface area (Å²) in [5.74, 6) is -0.549. The first-order chi connectivity index (χ1) is 15.4. The monoisotopic (exact) mass is 463 g/mol. The number of hydrogen-bond acceptors (Lipinski definition) is 9. The van der Waals surface area contributed by atoms with Crippen LogP contribution in [0.5, 0.6) is 5.88 Å². The van der Waals surface area contributed by atoms with Gasteiger partial charge in [0.2, 0.25) is 5.88 Å². The number of halogens is 1. The predicted octanol–water partition coefficient (Wildman–Crippen LogP) is 1.28. The molecule has 2 aromatic rings. The van der Waals surface area contributed by atoms with Gasteiger partial charge in [0.1, 0.15) is 18.0 Å². The molecule has 1 aliphatic rings. The topological polar surface area (TPSA) is 129 Å². The first-order valence-corrected chi connectivity index (χ1v) is 10.4. The standard InChI is InChI=1S/C21H26ClN5O5/c1-30-17-10-27(11-18(28)32-12-13-3-6-24-7-4-13)8-5-16(17)25-20(29)14-9-15(22)19(23)26-21(14)31-2/h3-4,6-7,9,16-17H,5,8,10-12H2,1-2H3,(H2,23,26)(H,25,29). The van der Waals surface area contributed by atoms with Gasteiger partial charge in [-0.1, -0.05) is 11.6 Å². The smallest absolute Gasteiger partial charge is 0.320 e. The van der Waals surface area contributed by atoms with Crippen LogP contribution in [0.1, 0.15) is 22.3 Å². The largest absolute Gasteiger partial charge is 0.480 e. The number of nitrogen functional groups attached to an aromatic ring is 1. The summed E-state index contributed by atoms with van der Waals surface area (Å²) in [4.78, 5) is 34.9. The first kappa shape index (κ1) is 23.7. The molecule has 2 unspecified atom stereocenters. The zero-order chi connectivity index (χ0) is 23.1. The van der Waals surface area contributed by atoms with Crippen LogP contribution in [0.15, 0.2) is 30.6 Å². The Morgan fingerprint density at radius 1 is 1.31 bits per heavy atom. The summed E-state index contributed by atoms with van der Waals surface area (Å²) >= 11 is 6.02. The van der Waals surface area contributed by atoms with Crippen LogP contribution in [0.25, 0.3) is 0 Å². The molecule has 1 fully saturated rings. The highest BCUT2D eigenvalue weighted by Gasteiger charge is 2.32. The molecule has 0 aliphatic carbocycles. The van der Waals surface area contributed by atoms with E-state index in [0.29, 0.717) is 19.5 Å². The van der Waals surface area contributed by atoms with E-state index >= 15 is 0 Å². The van der Waals surface area contributed by atoms with Gasteiger partial charge in [-0.2, -0.15) is 4.98 Å². The van der Waals surface area contributed by atoms with Gasteiger partial charge in [-0.3, -0.25) is 19.5 Å². The summed E-state index contributed by atoms with van der Waals surface area (Å²) in [6.45, 7) is 1.38. The number of ether oxygens (including phenoxy) is 3. The SMILES string of the molecule is COc1nc(N)c(Cl)cc1C(=O)NC1CCN(CC(=O)OCc2ccncc2)CC1OC. The molecule has 1 saturated heterocycles. The maximum absolute atomic E-state index is 12.8. The van der Waals surface area contributed by atoms with Crippen LogP contribution in [0.2, 0.25) is 5.02 Å². The fraction of sp³-hybridized carbons (Fsp3) is 0.429. The van der Waals surface area contributed by atoms with Crippen molar-refractivity contribution >= 4 is 29.3 Å². The number of hydrogen-bond donors (Lipinski definition) is 2.